The van der Waals surface area contributed by atoms with Crippen LogP contribution >= 0.6 is 0 Å². The summed E-state index contributed by atoms with van der Waals surface area (Å²) in [4.78, 5) is 31.1. The molecule has 0 atom stereocenters. The third kappa shape index (κ3) is 8.59. The Morgan fingerprint density at radius 2 is 0.873 bits per heavy atom. The summed E-state index contributed by atoms with van der Waals surface area (Å²) >= 11 is 0. The molecule has 6 rings (SSSR count). The summed E-state index contributed by atoms with van der Waals surface area (Å²) in [5, 5.41) is 40.5. The molecule has 2 saturated heterocycles. The summed E-state index contributed by atoms with van der Waals surface area (Å²) in [6, 6.07) is 21.2. The molecule has 0 radical (unpaired) electrons. The van der Waals surface area contributed by atoms with E-state index in [2.05, 4.69) is 49.6 Å². The zero-order valence-corrected chi connectivity index (χ0v) is 31.8. The minimum absolute atomic E-state index is 0.170. The summed E-state index contributed by atoms with van der Waals surface area (Å²) in [5.41, 5.74) is 2.61. The molecule has 2 aromatic rings. The fraction of sp³-hybridized carbons (Fsp3) is 0.409. The van der Waals surface area contributed by atoms with Crippen molar-refractivity contribution in [3.05, 3.63) is 93.4 Å². The number of esters is 2. The first-order valence-corrected chi connectivity index (χ1v) is 18.7. The second-order valence-electron chi connectivity index (χ2n) is 16.0. The van der Waals surface area contributed by atoms with E-state index < -0.39 is 11.9 Å². The second kappa shape index (κ2) is 16.0. The van der Waals surface area contributed by atoms with Gasteiger partial charge < -0.3 is 24.0 Å². The number of carbonyl (C=O) groups is 2. The topological polar surface area (TPSA) is 163 Å². The molecule has 0 unspecified atom stereocenters. The van der Waals surface area contributed by atoms with Crippen molar-refractivity contribution >= 4 is 11.9 Å². The van der Waals surface area contributed by atoms with Crippen LogP contribution in [0.3, 0.4) is 0 Å². The summed E-state index contributed by atoms with van der Waals surface area (Å²) < 4.78 is 17.2. The lowest BCUT2D eigenvalue weighted by Gasteiger charge is -2.37. The average Bonchev–Trinajstić information content (AvgIpc) is 3.89. The van der Waals surface area contributed by atoms with E-state index in [1.165, 1.54) is 0 Å². The Bertz CT molecular complexity index is 2010. The summed E-state index contributed by atoms with van der Waals surface area (Å²) in [6.07, 6.45) is 6.38. The van der Waals surface area contributed by atoms with Crippen LogP contribution in [0, 0.1) is 56.2 Å². The van der Waals surface area contributed by atoms with Crippen molar-refractivity contribution in [3.8, 4) is 47.3 Å². The minimum Gasteiger partial charge on any atom is -0.457 e. The third-order valence-electron chi connectivity index (χ3n) is 10.5. The summed E-state index contributed by atoms with van der Waals surface area (Å²) in [6.45, 7) is 11.7. The van der Waals surface area contributed by atoms with Crippen LogP contribution < -0.4 is 14.2 Å². The van der Waals surface area contributed by atoms with E-state index in [1.54, 1.807) is 48.5 Å². The first kappa shape index (κ1) is 38.4. The average molecular weight is 737 g/mol. The van der Waals surface area contributed by atoms with Crippen LogP contribution in [0.1, 0.15) is 79.1 Å². The molecule has 280 valence electrons. The predicted molar refractivity (Wildman–Crippen MR) is 202 cm³/mol. The van der Waals surface area contributed by atoms with Gasteiger partial charge in [-0.2, -0.15) is 21.0 Å². The zero-order valence-electron chi connectivity index (χ0n) is 31.8. The standard InChI is InChI=1S/C44H44N6O5/c1-43(2)21-33(35(25-45)39(23-43)49-17-5-6-18-49)37(27-47)41(51)54-31-13-9-29(10-14-31)53-30-11-15-32(16-12-30)55-42(52)38(28-48)34-22-44(3,4)24-40(36(34)26-46)50-19-7-8-20-50/h9-16H,5-8,17-24H2,1-4H3/b37-33+,38-34+. The van der Waals surface area contributed by atoms with E-state index in [4.69, 9.17) is 14.2 Å². The lowest BCUT2D eigenvalue weighted by atomic mass is 9.72. The molecule has 0 saturated carbocycles. The maximum atomic E-state index is 13.4. The van der Waals surface area contributed by atoms with Gasteiger partial charge >= 0.3 is 11.9 Å². The lowest BCUT2D eigenvalue weighted by molar-refractivity contribution is -0.130. The fourth-order valence-corrected chi connectivity index (χ4v) is 7.97. The highest BCUT2D eigenvalue weighted by molar-refractivity contribution is 5.97. The molecule has 0 aromatic heterocycles. The number of hydrogen-bond donors (Lipinski definition) is 0. The summed E-state index contributed by atoms with van der Waals surface area (Å²) in [5.74, 6) is -0.368. The molecule has 2 aliphatic heterocycles. The molecule has 0 spiro atoms. The maximum absolute atomic E-state index is 13.4. The van der Waals surface area contributed by atoms with E-state index in [9.17, 15) is 30.6 Å². The molecule has 2 fully saturated rings. The van der Waals surface area contributed by atoms with Crippen molar-refractivity contribution in [2.45, 2.75) is 79.1 Å². The van der Waals surface area contributed by atoms with E-state index in [1.807, 2.05) is 12.1 Å². The van der Waals surface area contributed by atoms with Gasteiger partial charge in [0, 0.05) is 37.6 Å². The van der Waals surface area contributed by atoms with Crippen molar-refractivity contribution in [2.24, 2.45) is 10.8 Å². The van der Waals surface area contributed by atoms with E-state index in [0.29, 0.717) is 59.5 Å². The van der Waals surface area contributed by atoms with Crippen LogP contribution in [-0.2, 0) is 9.59 Å². The van der Waals surface area contributed by atoms with Gasteiger partial charge in [0.15, 0.2) is 0 Å². The normalized spacial score (nSPS) is 20.8. The van der Waals surface area contributed by atoms with Gasteiger partial charge in [-0.15, -0.1) is 0 Å². The highest BCUT2D eigenvalue weighted by atomic mass is 16.5. The number of benzene rings is 2. The Morgan fingerprint density at radius 3 is 1.18 bits per heavy atom. The van der Waals surface area contributed by atoms with Crippen LogP contribution in [-0.4, -0.2) is 47.9 Å². The smallest absolute Gasteiger partial charge is 0.354 e. The van der Waals surface area contributed by atoms with Gasteiger partial charge in [0.05, 0.1) is 11.1 Å². The highest BCUT2D eigenvalue weighted by Gasteiger charge is 2.38. The Morgan fingerprint density at radius 1 is 0.545 bits per heavy atom. The number of nitriles is 4. The van der Waals surface area contributed by atoms with Gasteiger partial charge in [0.25, 0.3) is 0 Å². The number of rotatable bonds is 8. The van der Waals surface area contributed by atoms with Crippen molar-refractivity contribution in [2.75, 3.05) is 26.2 Å². The molecule has 11 heteroatoms. The molecule has 0 bridgehead atoms. The van der Waals surface area contributed by atoms with Gasteiger partial charge in [-0.3, -0.25) is 0 Å². The van der Waals surface area contributed by atoms with Crippen molar-refractivity contribution in [3.63, 3.8) is 0 Å². The molecule has 0 amide bonds. The van der Waals surface area contributed by atoms with Gasteiger partial charge in [-0.05, 0) is 122 Å². The fourth-order valence-electron chi connectivity index (χ4n) is 7.97. The van der Waals surface area contributed by atoms with Crippen LogP contribution in [0.2, 0.25) is 0 Å². The second-order valence-corrected chi connectivity index (χ2v) is 16.0. The summed E-state index contributed by atoms with van der Waals surface area (Å²) in [7, 11) is 0. The van der Waals surface area contributed by atoms with E-state index in [-0.39, 0.29) is 33.5 Å². The van der Waals surface area contributed by atoms with Crippen LogP contribution in [0.25, 0.3) is 0 Å². The van der Waals surface area contributed by atoms with Crippen molar-refractivity contribution in [1.82, 2.24) is 9.80 Å². The number of hydrogen-bond acceptors (Lipinski definition) is 11. The van der Waals surface area contributed by atoms with Crippen molar-refractivity contribution < 1.29 is 23.8 Å². The predicted octanol–water partition coefficient (Wildman–Crippen LogP) is 8.32. The Labute approximate surface area is 322 Å². The lowest BCUT2D eigenvalue weighted by Crippen LogP contribution is -2.30. The zero-order chi connectivity index (χ0) is 39.3. The molecule has 2 aliphatic carbocycles. The Hall–Kier alpha value is -6.30. The molecule has 2 aromatic carbocycles. The Balaban J connectivity index is 1.13. The van der Waals surface area contributed by atoms with Gasteiger partial charge in [-0.25, -0.2) is 9.59 Å². The monoisotopic (exact) mass is 736 g/mol. The maximum Gasteiger partial charge on any atom is 0.354 e. The highest BCUT2D eigenvalue weighted by Crippen LogP contribution is 2.46. The first-order chi connectivity index (χ1) is 26.3. The van der Waals surface area contributed by atoms with E-state index >= 15 is 0 Å². The molecule has 4 aliphatic rings. The van der Waals surface area contributed by atoms with Crippen molar-refractivity contribution in [1.29, 1.82) is 21.0 Å². The number of nitrogens with zero attached hydrogens (tertiary/aromatic N) is 6. The molecule has 0 N–H and O–H groups in total. The van der Waals surface area contributed by atoms with Gasteiger partial charge in [0.1, 0.15) is 58.4 Å². The molecule has 2 heterocycles. The van der Waals surface area contributed by atoms with Gasteiger partial charge in [0.2, 0.25) is 0 Å². The quantitative estimate of drug-likeness (QED) is 0.111. The van der Waals surface area contributed by atoms with E-state index in [0.717, 1.165) is 63.3 Å². The minimum atomic E-state index is -0.822. The molecule has 55 heavy (non-hydrogen) atoms. The molecule has 11 nitrogen and oxygen atoms in total. The number of carbonyl (C=O) groups excluding carboxylic acids is 2. The molecular formula is C44H44N6O5. The SMILES string of the molecule is CC1(C)CC(N2CCCC2)=C(C#N)/C(=C(\C#N)C(=O)Oc2ccc(Oc3ccc(OC(=O)/C(C#N)=C4\CC(C)(C)CC(N5CCCC5)=C4C#N)cc3)cc2)C1. The van der Waals surface area contributed by atoms with Crippen LogP contribution in [0.15, 0.2) is 93.4 Å². The number of ether oxygens (including phenoxy) is 3. The number of likely N-dealkylation sites (tertiary alicyclic amines) is 2. The van der Waals surface area contributed by atoms with Crippen LogP contribution in [0.5, 0.6) is 23.0 Å². The van der Waals surface area contributed by atoms with Gasteiger partial charge in [-0.1, -0.05) is 27.7 Å². The third-order valence-corrected chi connectivity index (χ3v) is 10.5. The molecular weight excluding hydrogens is 693 g/mol. The van der Waals surface area contributed by atoms with Crippen LogP contribution in [0.4, 0.5) is 0 Å². The number of allylic oxidation sites excluding steroid dienone is 6. The largest absolute Gasteiger partial charge is 0.457 e. The first-order valence-electron chi connectivity index (χ1n) is 18.7. The Kier molecular flexibility index (Phi) is 11.2.